The van der Waals surface area contributed by atoms with Gasteiger partial charge in [-0.25, -0.2) is 0 Å². The number of allylic oxidation sites excluding steroid dienone is 2. The van der Waals surface area contributed by atoms with Gasteiger partial charge in [0.15, 0.2) is 0 Å². The first kappa shape index (κ1) is 10.8. The lowest BCUT2D eigenvalue weighted by atomic mass is 10.2. The summed E-state index contributed by atoms with van der Waals surface area (Å²) < 4.78 is 5.14. The van der Waals surface area contributed by atoms with Gasteiger partial charge in [0.05, 0.1) is 11.2 Å². The second-order valence-corrected chi connectivity index (χ2v) is 4.27. The zero-order chi connectivity index (χ0) is 11.5. The van der Waals surface area contributed by atoms with E-state index in [4.69, 9.17) is 4.42 Å². The van der Waals surface area contributed by atoms with Crippen molar-refractivity contribution in [3.63, 3.8) is 0 Å². The van der Waals surface area contributed by atoms with Crippen LogP contribution < -0.4 is 5.32 Å². The van der Waals surface area contributed by atoms with Crippen LogP contribution in [0.4, 0.5) is 4.79 Å². The zero-order valence-electron chi connectivity index (χ0n) is 8.52. The van der Waals surface area contributed by atoms with E-state index < -0.39 is 0 Å². The highest BCUT2D eigenvalue weighted by atomic mass is 32.2. The van der Waals surface area contributed by atoms with E-state index in [9.17, 15) is 9.59 Å². The number of imide groups is 1. The Bertz CT molecular complexity index is 485. The summed E-state index contributed by atoms with van der Waals surface area (Å²) in [6, 6.07) is 3.60. The Kier molecular flexibility index (Phi) is 2.96. The first-order chi connectivity index (χ1) is 7.65. The number of carbonyl (C=O) groups is 2. The normalized spacial score (nSPS) is 19.3. The molecule has 2 amide bonds. The molecule has 0 unspecified atom stereocenters. The average Bonchev–Trinajstić information content (AvgIpc) is 2.78. The maximum absolute atomic E-state index is 11.3. The van der Waals surface area contributed by atoms with E-state index in [0.717, 1.165) is 17.3 Å². The van der Waals surface area contributed by atoms with Crippen LogP contribution in [0.3, 0.4) is 0 Å². The number of amides is 2. The number of furan rings is 1. The van der Waals surface area contributed by atoms with Crippen molar-refractivity contribution >= 4 is 29.0 Å². The van der Waals surface area contributed by atoms with Gasteiger partial charge in [0, 0.05) is 0 Å². The topological polar surface area (TPSA) is 59.3 Å². The van der Waals surface area contributed by atoms with Crippen molar-refractivity contribution in [2.24, 2.45) is 0 Å². The van der Waals surface area contributed by atoms with Crippen molar-refractivity contribution in [1.82, 2.24) is 5.32 Å². The molecular formula is C11H9NO3S. The van der Waals surface area contributed by atoms with Crippen LogP contribution in [0.25, 0.3) is 6.08 Å². The van der Waals surface area contributed by atoms with Gasteiger partial charge in [-0.05, 0) is 48.5 Å². The van der Waals surface area contributed by atoms with E-state index in [2.05, 4.69) is 5.32 Å². The van der Waals surface area contributed by atoms with Gasteiger partial charge in [0.25, 0.3) is 11.1 Å². The molecule has 0 saturated carbocycles. The molecule has 1 saturated heterocycles. The van der Waals surface area contributed by atoms with Gasteiger partial charge < -0.3 is 4.42 Å². The quantitative estimate of drug-likeness (QED) is 0.800. The predicted molar refractivity (Wildman–Crippen MR) is 61.6 cm³/mol. The molecule has 82 valence electrons. The van der Waals surface area contributed by atoms with Crippen molar-refractivity contribution in [2.45, 2.75) is 6.92 Å². The molecule has 5 heteroatoms. The SMILES string of the molecule is CC(=C\c1ccco1)/C=C1/SC(=O)NC1=O. The summed E-state index contributed by atoms with van der Waals surface area (Å²) >= 11 is 0.905. The molecule has 0 radical (unpaired) electrons. The van der Waals surface area contributed by atoms with Crippen LogP contribution in [0.5, 0.6) is 0 Å². The van der Waals surface area contributed by atoms with Gasteiger partial charge in [0.1, 0.15) is 5.76 Å². The number of carbonyl (C=O) groups excluding carboxylic acids is 2. The smallest absolute Gasteiger partial charge is 0.290 e. The van der Waals surface area contributed by atoms with Crippen molar-refractivity contribution in [3.05, 3.63) is 40.7 Å². The lowest BCUT2D eigenvalue weighted by molar-refractivity contribution is -0.115. The van der Waals surface area contributed by atoms with E-state index in [1.165, 1.54) is 0 Å². The molecular weight excluding hydrogens is 226 g/mol. The van der Waals surface area contributed by atoms with E-state index in [1.807, 2.05) is 13.0 Å². The van der Waals surface area contributed by atoms with Crippen molar-refractivity contribution in [3.8, 4) is 0 Å². The summed E-state index contributed by atoms with van der Waals surface area (Å²) in [7, 11) is 0. The number of rotatable bonds is 2. The van der Waals surface area contributed by atoms with Crippen LogP contribution in [0.2, 0.25) is 0 Å². The van der Waals surface area contributed by atoms with E-state index in [0.29, 0.717) is 10.7 Å². The molecule has 0 atom stereocenters. The van der Waals surface area contributed by atoms with Gasteiger partial charge in [-0.15, -0.1) is 0 Å². The Morgan fingerprint density at radius 2 is 2.31 bits per heavy atom. The Morgan fingerprint density at radius 3 is 2.88 bits per heavy atom. The van der Waals surface area contributed by atoms with Gasteiger partial charge >= 0.3 is 0 Å². The Hall–Kier alpha value is -1.75. The van der Waals surface area contributed by atoms with Crippen LogP contribution >= 0.6 is 11.8 Å². The molecule has 1 aliphatic heterocycles. The Labute approximate surface area is 96.4 Å². The third-order valence-electron chi connectivity index (χ3n) is 1.91. The third kappa shape index (κ3) is 2.43. The van der Waals surface area contributed by atoms with Gasteiger partial charge in [-0.3, -0.25) is 14.9 Å². The minimum Gasteiger partial charge on any atom is -0.465 e. The van der Waals surface area contributed by atoms with Gasteiger partial charge in [0.2, 0.25) is 0 Å². The molecule has 0 aliphatic carbocycles. The Balaban J connectivity index is 2.18. The predicted octanol–water partition coefficient (Wildman–Crippen LogP) is 2.55. The molecule has 16 heavy (non-hydrogen) atoms. The monoisotopic (exact) mass is 235 g/mol. The maximum Gasteiger partial charge on any atom is 0.290 e. The minimum atomic E-state index is -0.345. The molecule has 1 aliphatic rings. The van der Waals surface area contributed by atoms with Crippen LogP contribution in [0.15, 0.2) is 39.4 Å². The molecule has 1 aromatic rings. The number of hydrogen-bond donors (Lipinski definition) is 1. The molecule has 0 aromatic carbocycles. The lowest BCUT2D eigenvalue weighted by Gasteiger charge is -1.93. The summed E-state index contributed by atoms with van der Waals surface area (Å²) in [6.07, 6.45) is 5.03. The zero-order valence-corrected chi connectivity index (χ0v) is 9.34. The van der Waals surface area contributed by atoms with Crippen molar-refractivity contribution in [1.29, 1.82) is 0 Å². The van der Waals surface area contributed by atoms with E-state index in [-0.39, 0.29) is 11.1 Å². The first-order valence-corrected chi connectivity index (χ1v) is 5.43. The summed E-state index contributed by atoms with van der Waals surface area (Å²) in [5.74, 6) is 0.367. The molecule has 0 bridgehead atoms. The van der Waals surface area contributed by atoms with Crippen LogP contribution in [-0.4, -0.2) is 11.1 Å². The number of nitrogens with one attached hydrogen (secondary N) is 1. The van der Waals surface area contributed by atoms with E-state index >= 15 is 0 Å². The highest BCUT2D eigenvalue weighted by Crippen LogP contribution is 2.24. The molecule has 0 spiro atoms. The first-order valence-electron chi connectivity index (χ1n) is 4.62. The average molecular weight is 235 g/mol. The lowest BCUT2D eigenvalue weighted by Crippen LogP contribution is -2.17. The summed E-state index contributed by atoms with van der Waals surface area (Å²) in [4.78, 5) is 22.6. The highest BCUT2D eigenvalue weighted by Gasteiger charge is 2.24. The molecule has 1 N–H and O–H groups in total. The fourth-order valence-corrected chi connectivity index (χ4v) is 2.00. The third-order valence-corrected chi connectivity index (χ3v) is 2.72. The van der Waals surface area contributed by atoms with Crippen LogP contribution in [-0.2, 0) is 4.79 Å². The summed E-state index contributed by atoms with van der Waals surface area (Å²) in [5.41, 5.74) is 0.849. The number of thioether (sulfide) groups is 1. The van der Waals surface area contributed by atoms with Crippen molar-refractivity contribution < 1.29 is 14.0 Å². The molecule has 1 fully saturated rings. The van der Waals surface area contributed by atoms with E-state index in [1.54, 1.807) is 24.5 Å². The molecule has 2 heterocycles. The fourth-order valence-electron chi connectivity index (χ4n) is 1.27. The standard InChI is InChI=1S/C11H9NO3S/c1-7(5-8-3-2-4-15-8)6-9-10(13)12-11(14)16-9/h2-6H,1H3,(H,12,13,14)/b7-5+,9-6+. The molecule has 1 aromatic heterocycles. The second kappa shape index (κ2) is 4.40. The minimum absolute atomic E-state index is 0.331. The van der Waals surface area contributed by atoms with Crippen LogP contribution in [0, 0.1) is 0 Å². The highest BCUT2D eigenvalue weighted by molar-refractivity contribution is 8.18. The summed E-state index contributed by atoms with van der Waals surface area (Å²) in [6.45, 7) is 1.84. The summed E-state index contributed by atoms with van der Waals surface area (Å²) in [5, 5.41) is 1.87. The fraction of sp³-hybridized carbons (Fsp3) is 0.0909. The largest absolute Gasteiger partial charge is 0.465 e. The Morgan fingerprint density at radius 1 is 1.50 bits per heavy atom. The second-order valence-electron chi connectivity index (χ2n) is 3.26. The maximum atomic E-state index is 11.3. The molecule has 2 rings (SSSR count). The van der Waals surface area contributed by atoms with Gasteiger partial charge in [-0.1, -0.05) is 0 Å². The van der Waals surface area contributed by atoms with Crippen molar-refractivity contribution in [2.75, 3.05) is 0 Å². The number of hydrogen-bond acceptors (Lipinski definition) is 4. The van der Waals surface area contributed by atoms with Gasteiger partial charge in [-0.2, -0.15) is 0 Å². The van der Waals surface area contributed by atoms with Crippen LogP contribution in [0.1, 0.15) is 12.7 Å². The molecule has 4 nitrogen and oxygen atoms in total.